The molecule has 0 atom stereocenters. The lowest BCUT2D eigenvalue weighted by Crippen LogP contribution is -2.49. The molecule has 1 aromatic heterocycles. The molecule has 24 heavy (non-hydrogen) atoms. The van der Waals surface area contributed by atoms with Crippen molar-refractivity contribution in [2.75, 3.05) is 31.5 Å². The van der Waals surface area contributed by atoms with Gasteiger partial charge in [0.25, 0.3) is 0 Å². The highest BCUT2D eigenvalue weighted by Crippen LogP contribution is 2.19. The summed E-state index contributed by atoms with van der Waals surface area (Å²) >= 11 is 5.62. The third kappa shape index (κ3) is 4.10. The first-order chi connectivity index (χ1) is 11.6. The molecule has 5 heteroatoms. The van der Waals surface area contributed by atoms with Gasteiger partial charge < -0.3 is 10.2 Å². The van der Waals surface area contributed by atoms with Crippen molar-refractivity contribution in [3.05, 3.63) is 59.4 Å². The largest absolute Gasteiger partial charge is 0.346 e. The van der Waals surface area contributed by atoms with E-state index in [0.29, 0.717) is 0 Å². The van der Waals surface area contributed by atoms with Gasteiger partial charge in [-0.15, -0.1) is 0 Å². The normalized spacial score (nSPS) is 15.3. The van der Waals surface area contributed by atoms with Crippen molar-refractivity contribution in [1.82, 2.24) is 14.8 Å². The fourth-order valence-corrected chi connectivity index (χ4v) is 3.23. The Labute approximate surface area is 149 Å². The highest BCUT2D eigenvalue weighted by atomic mass is 32.1. The zero-order valence-electron chi connectivity index (χ0n) is 14.3. The molecular weight excluding hydrogens is 316 g/mol. The zero-order chi connectivity index (χ0) is 16.9. The van der Waals surface area contributed by atoms with Gasteiger partial charge in [-0.05, 0) is 61.0 Å². The Balaban J connectivity index is 1.52. The van der Waals surface area contributed by atoms with E-state index in [9.17, 15) is 0 Å². The monoisotopic (exact) mass is 340 g/mol. The summed E-state index contributed by atoms with van der Waals surface area (Å²) < 4.78 is 0. The molecule has 0 aliphatic carbocycles. The Morgan fingerprint density at radius 1 is 1.08 bits per heavy atom. The SMILES string of the molecule is Cc1cccc(NC(=S)N2CCN(Cc3ccncc3)CC2)c1C. The number of hydrogen-bond donors (Lipinski definition) is 1. The van der Waals surface area contributed by atoms with Gasteiger partial charge in [0, 0.05) is 50.8 Å². The Morgan fingerprint density at radius 2 is 1.79 bits per heavy atom. The molecule has 2 heterocycles. The first-order valence-electron chi connectivity index (χ1n) is 8.37. The van der Waals surface area contributed by atoms with Gasteiger partial charge in [0.1, 0.15) is 0 Å². The first kappa shape index (κ1) is 16.9. The van der Waals surface area contributed by atoms with Crippen LogP contribution < -0.4 is 5.32 Å². The number of piperazine rings is 1. The van der Waals surface area contributed by atoms with Gasteiger partial charge in [0.15, 0.2) is 5.11 Å². The van der Waals surface area contributed by atoms with Crippen molar-refractivity contribution in [3.63, 3.8) is 0 Å². The number of aromatic nitrogens is 1. The second kappa shape index (κ2) is 7.73. The van der Waals surface area contributed by atoms with E-state index in [2.05, 4.69) is 64.3 Å². The zero-order valence-corrected chi connectivity index (χ0v) is 15.1. The number of aryl methyl sites for hydroxylation is 1. The number of nitrogens with one attached hydrogen (secondary N) is 1. The van der Waals surface area contributed by atoms with E-state index in [1.165, 1.54) is 16.7 Å². The average molecular weight is 340 g/mol. The van der Waals surface area contributed by atoms with Gasteiger partial charge in [-0.1, -0.05) is 12.1 Å². The van der Waals surface area contributed by atoms with Crippen molar-refractivity contribution in [1.29, 1.82) is 0 Å². The number of nitrogens with zero attached hydrogens (tertiary/aromatic N) is 3. The molecule has 1 fully saturated rings. The molecule has 0 spiro atoms. The quantitative estimate of drug-likeness (QED) is 0.867. The molecule has 0 saturated carbocycles. The fourth-order valence-electron chi connectivity index (χ4n) is 2.94. The molecule has 0 radical (unpaired) electrons. The summed E-state index contributed by atoms with van der Waals surface area (Å²) in [6.45, 7) is 9.21. The molecule has 0 unspecified atom stereocenters. The molecule has 0 amide bonds. The summed E-state index contributed by atoms with van der Waals surface area (Å²) in [5, 5.41) is 4.24. The van der Waals surface area contributed by atoms with Gasteiger partial charge in [-0.25, -0.2) is 0 Å². The lowest BCUT2D eigenvalue weighted by atomic mass is 10.1. The lowest BCUT2D eigenvalue weighted by molar-refractivity contribution is 0.177. The van der Waals surface area contributed by atoms with Crippen LogP contribution in [0.1, 0.15) is 16.7 Å². The second-order valence-corrected chi connectivity index (χ2v) is 6.68. The molecule has 1 aromatic carbocycles. The van der Waals surface area contributed by atoms with Crippen LogP contribution in [-0.2, 0) is 6.54 Å². The summed E-state index contributed by atoms with van der Waals surface area (Å²) in [6, 6.07) is 10.5. The van der Waals surface area contributed by atoms with Crippen LogP contribution in [0.3, 0.4) is 0 Å². The molecule has 1 saturated heterocycles. The summed E-state index contributed by atoms with van der Waals surface area (Å²) in [6.07, 6.45) is 3.71. The summed E-state index contributed by atoms with van der Waals surface area (Å²) in [5.41, 5.74) is 4.97. The van der Waals surface area contributed by atoms with E-state index in [-0.39, 0.29) is 0 Å². The van der Waals surface area contributed by atoms with Crippen LogP contribution in [0.2, 0.25) is 0 Å². The molecular formula is C19H24N4S. The van der Waals surface area contributed by atoms with Crippen LogP contribution >= 0.6 is 12.2 Å². The van der Waals surface area contributed by atoms with Crippen LogP contribution in [0, 0.1) is 13.8 Å². The van der Waals surface area contributed by atoms with Crippen LogP contribution in [-0.4, -0.2) is 46.1 Å². The topological polar surface area (TPSA) is 31.4 Å². The number of hydrogen-bond acceptors (Lipinski definition) is 3. The lowest BCUT2D eigenvalue weighted by Gasteiger charge is -2.36. The molecule has 1 aliphatic heterocycles. The van der Waals surface area contributed by atoms with Crippen LogP contribution in [0.4, 0.5) is 5.69 Å². The van der Waals surface area contributed by atoms with Crippen molar-refractivity contribution in [2.24, 2.45) is 0 Å². The predicted molar refractivity (Wildman–Crippen MR) is 103 cm³/mol. The van der Waals surface area contributed by atoms with Gasteiger partial charge >= 0.3 is 0 Å². The second-order valence-electron chi connectivity index (χ2n) is 6.30. The number of thiocarbonyl (C=S) groups is 1. The van der Waals surface area contributed by atoms with Gasteiger partial charge in [-0.2, -0.15) is 0 Å². The number of benzene rings is 1. The Bertz CT molecular complexity index is 694. The third-order valence-corrected chi connectivity index (χ3v) is 5.02. The Kier molecular flexibility index (Phi) is 5.43. The maximum absolute atomic E-state index is 5.62. The fraction of sp³-hybridized carbons (Fsp3) is 0.368. The van der Waals surface area contributed by atoms with Crippen LogP contribution in [0.25, 0.3) is 0 Å². The van der Waals surface area contributed by atoms with Gasteiger partial charge in [0.05, 0.1) is 0 Å². The van der Waals surface area contributed by atoms with E-state index < -0.39 is 0 Å². The van der Waals surface area contributed by atoms with E-state index in [1.807, 2.05) is 12.4 Å². The molecule has 4 nitrogen and oxygen atoms in total. The summed E-state index contributed by atoms with van der Waals surface area (Å²) in [4.78, 5) is 8.80. The van der Waals surface area contributed by atoms with E-state index in [1.54, 1.807) is 0 Å². The maximum atomic E-state index is 5.62. The highest BCUT2D eigenvalue weighted by molar-refractivity contribution is 7.80. The Hall–Kier alpha value is -1.98. The number of rotatable bonds is 3. The van der Waals surface area contributed by atoms with Crippen LogP contribution in [0.5, 0.6) is 0 Å². The molecule has 1 N–H and O–H groups in total. The summed E-state index contributed by atoms with van der Waals surface area (Å²) in [7, 11) is 0. The Morgan fingerprint density at radius 3 is 2.50 bits per heavy atom. The van der Waals surface area contributed by atoms with E-state index in [4.69, 9.17) is 12.2 Å². The molecule has 126 valence electrons. The first-order valence-corrected chi connectivity index (χ1v) is 8.78. The number of anilines is 1. The molecule has 1 aliphatic rings. The van der Waals surface area contributed by atoms with Crippen molar-refractivity contribution in [2.45, 2.75) is 20.4 Å². The average Bonchev–Trinajstić information content (AvgIpc) is 2.60. The predicted octanol–water partition coefficient (Wildman–Crippen LogP) is 3.21. The van der Waals surface area contributed by atoms with Gasteiger partial charge in [0.2, 0.25) is 0 Å². The van der Waals surface area contributed by atoms with Crippen molar-refractivity contribution in [3.8, 4) is 0 Å². The summed E-state index contributed by atoms with van der Waals surface area (Å²) in [5.74, 6) is 0. The van der Waals surface area contributed by atoms with Crippen molar-refractivity contribution < 1.29 is 0 Å². The third-order valence-electron chi connectivity index (χ3n) is 4.66. The highest BCUT2D eigenvalue weighted by Gasteiger charge is 2.19. The maximum Gasteiger partial charge on any atom is 0.173 e. The smallest absolute Gasteiger partial charge is 0.173 e. The minimum Gasteiger partial charge on any atom is -0.346 e. The van der Waals surface area contributed by atoms with E-state index in [0.717, 1.165) is 43.5 Å². The van der Waals surface area contributed by atoms with Crippen molar-refractivity contribution >= 4 is 23.0 Å². The molecule has 2 aromatic rings. The standard InChI is InChI=1S/C19H24N4S/c1-15-4-3-5-18(16(15)2)21-19(24)23-12-10-22(11-13-23)14-17-6-8-20-9-7-17/h3-9H,10-14H2,1-2H3,(H,21,24). The van der Waals surface area contributed by atoms with Crippen LogP contribution in [0.15, 0.2) is 42.7 Å². The van der Waals surface area contributed by atoms with Gasteiger partial charge in [-0.3, -0.25) is 9.88 Å². The number of pyridine rings is 1. The van der Waals surface area contributed by atoms with E-state index >= 15 is 0 Å². The molecule has 0 bridgehead atoms. The minimum absolute atomic E-state index is 0.826. The minimum atomic E-state index is 0.826. The molecule has 3 rings (SSSR count).